The van der Waals surface area contributed by atoms with Crippen molar-refractivity contribution in [3.63, 3.8) is 0 Å². The Labute approximate surface area is 194 Å². The Morgan fingerprint density at radius 1 is 0.970 bits per heavy atom. The molecule has 0 unspecified atom stereocenters. The van der Waals surface area contributed by atoms with E-state index in [4.69, 9.17) is 19.4 Å². The molecule has 1 aromatic heterocycles. The van der Waals surface area contributed by atoms with Gasteiger partial charge in [0.15, 0.2) is 0 Å². The number of hydrogen-bond donors (Lipinski definition) is 0. The van der Waals surface area contributed by atoms with Gasteiger partial charge in [-0.25, -0.2) is 4.98 Å². The molecule has 0 atom stereocenters. The highest BCUT2D eigenvalue weighted by Gasteiger charge is 2.28. The second-order valence-electron chi connectivity index (χ2n) is 8.62. The Hall–Kier alpha value is -3.45. The Morgan fingerprint density at radius 2 is 1.73 bits per heavy atom. The maximum absolute atomic E-state index is 13.2. The second-order valence-corrected chi connectivity index (χ2v) is 8.62. The number of aromatic nitrogens is 2. The minimum Gasteiger partial charge on any atom is -0.438 e. The number of carbonyl (C=O) groups excluding carboxylic acids is 1. The highest BCUT2D eigenvalue weighted by atomic mass is 16.5. The molecular weight excluding hydrogens is 416 g/mol. The van der Waals surface area contributed by atoms with Crippen molar-refractivity contribution in [2.45, 2.75) is 26.8 Å². The van der Waals surface area contributed by atoms with Crippen molar-refractivity contribution < 1.29 is 14.3 Å². The molecule has 2 aliphatic heterocycles. The molecule has 0 N–H and O–H groups in total. The van der Waals surface area contributed by atoms with Crippen LogP contribution in [0.2, 0.25) is 0 Å². The number of rotatable bonds is 4. The summed E-state index contributed by atoms with van der Waals surface area (Å²) in [6.45, 7) is 7.89. The predicted molar refractivity (Wildman–Crippen MR) is 126 cm³/mol. The van der Waals surface area contributed by atoms with Crippen LogP contribution in [0.5, 0.6) is 11.6 Å². The van der Waals surface area contributed by atoms with Gasteiger partial charge in [0, 0.05) is 31.6 Å². The van der Waals surface area contributed by atoms with Crippen molar-refractivity contribution in [3.05, 3.63) is 76.5 Å². The van der Waals surface area contributed by atoms with Gasteiger partial charge in [0.2, 0.25) is 11.8 Å². The van der Waals surface area contributed by atoms with E-state index in [0.29, 0.717) is 50.1 Å². The topological polar surface area (TPSA) is 67.8 Å². The van der Waals surface area contributed by atoms with Gasteiger partial charge in [-0.15, -0.1) is 0 Å². The SMILES string of the molecule is Cc1cccc(Oc2nc(N3CCOCC3)nc3c2CN(C(=O)c2cccc(C)c2)CC3)c1. The van der Waals surface area contributed by atoms with Gasteiger partial charge in [-0.2, -0.15) is 4.98 Å². The molecule has 1 amide bonds. The van der Waals surface area contributed by atoms with E-state index in [1.807, 2.05) is 67.3 Å². The van der Waals surface area contributed by atoms with E-state index in [2.05, 4.69) is 4.90 Å². The first-order chi connectivity index (χ1) is 16.1. The summed E-state index contributed by atoms with van der Waals surface area (Å²) in [6.07, 6.45) is 0.664. The molecular formula is C26H28N4O3. The van der Waals surface area contributed by atoms with E-state index >= 15 is 0 Å². The average molecular weight is 445 g/mol. The Morgan fingerprint density at radius 3 is 2.48 bits per heavy atom. The molecule has 2 aliphatic rings. The van der Waals surface area contributed by atoms with Gasteiger partial charge in [-0.05, 0) is 43.7 Å². The zero-order chi connectivity index (χ0) is 22.8. The molecule has 170 valence electrons. The lowest BCUT2D eigenvalue weighted by molar-refractivity contribution is 0.0731. The Kier molecular flexibility index (Phi) is 5.96. The van der Waals surface area contributed by atoms with Gasteiger partial charge in [-0.3, -0.25) is 4.79 Å². The lowest BCUT2D eigenvalue weighted by atomic mass is 10.0. The van der Waals surface area contributed by atoms with E-state index in [-0.39, 0.29) is 5.91 Å². The standard InChI is InChI=1S/C26H28N4O3/c1-18-5-3-7-20(15-18)25(31)30-10-9-23-22(17-30)24(33-21-8-4-6-19(2)16-21)28-26(27-23)29-11-13-32-14-12-29/h3-8,15-16H,9-14,17H2,1-2H3. The zero-order valence-corrected chi connectivity index (χ0v) is 19.1. The molecule has 3 aromatic rings. The number of benzene rings is 2. The number of carbonyl (C=O) groups is 1. The van der Waals surface area contributed by atoms with E-state index < -0.39 is 0 Å². The first kappa shape index (κ1) is 21.4. The predicted octanol–water partition coefficient (Wildman–Crippen LogP) is 3.92. The Balaban J connectivity index is 1.49. The number of morpholine rings is 1. The first-order valence-electron chi connectivity index (χ1n) is 11.4. The summed E-state index contributed by atoms with van der Waals surface area (Å²) in [5, 5.41) is 0. The molecule has 1 saturated heterocycles. The molecule has 33 heavy (non-hydrogen) atoms. The first-order valence-corrected chi connectivity index (χ1v) is 11.4. The molecule has 0 radical (unpaired) electrons. The smallest absolute Gasteiger partial charge is 0.254 e. The van der Waals surface area contributed by atoms with Crippen molar-refractivity contribution in [2.24, 2.45) is 0 Å². The summed E-state index contributed by atoms with van der Waals surface area (Å²) in [5.74, 6) is 1.93. The number of hydrogen-bond acceptors (Lipinski definition) is 6. The molecule has 5 rings (SSSR count). The third kappa shape index (κ3) is 4.68. The van der Waals surface area contributed by atoms with Gasteiger partial charge in [0.25, 0.3) is 5.91 Å². The monoisotopic (exact) mass is 444 g/mol. The van der Waals surface area contributed by atoms with Gasteiger partial charge in [0.1, 0.15) is 5.75 Å². The molecule has 1 fully saturated rings. The van der Waals surface area contributed by atoms with Gasteiger partial charge < -0.3 is 19.3 Å². The number of fused-ring (bicyclic) bond motifs is 1. The lowest BCUT2D eigenvalue weighted by Crippen LogP contribution is -2.39. The van der Waals surface area contributed by atoms with Crippen molar-refractivity contribution in [1.29, 1.82) is 0 Å². The van der Waals surface area contributed by atoms with Crippen molar-refractivity contribution in [3.8, 4) is 11.6 Å². The average Bonchev–Trinajstić information content (AvgIpc) is 2.84. The van der Waals surface area contributed by atoms with Crippen LogP contribution < -0.4 is 9.64 Å². The van der Waals surface area contributed by atoms with Gasteiger partial charge in [0.05, 0.1) is 31.0 Å². The van der Waals surface area contributed by atoms with Gasteiger partial charge in [-0.1, -0.05) is 29.8 Å². The van der Waals surface area contributed by atoms with Crippen molar-refractivity contribution in [1.82, 2.24) is 14.9 Å². The summed E-state index contributed by atoms with van der Waals surface area (Å²) in [6, 6.07) is 15.6. The molecule has 3 heterocycles. The number of ether oxygens (including phenoxy) is 2. The highest BCUT2D eigenvalue weighted by molar-refractivity contribution is 5.94. The van der Waals surface area contributed by atoms with Crippen LogP contribution >= 0.6 is 0 Å². The fraction of sp³-hybridized carbons (Fsp3) is 0.346. The van der Waals surface area contributed by atoms with Crippen molar-refractivity contribution in [2.75, 3.05) is 37.7 Å². The molecule has 7 nitrogen and oxygen atoms in total. The van der Waals surface area contributed by atoms with E-state index in [0.717, 1.165) is 41.2 Å². The lowest BCUT2D eigenvalue weighted by Gasteiger charge is -2.32. The third-order valence-electron chi connectivity index (χ3n) is 6.06. The minimum absolute atomic E-state index is 0.0168. The minimum atomic E-state index is 0.0168. The van der Waals surface area contributed by atoms with Crippen LogP contribution in [0, 0.1) is 13.8 Å². The van der Waals surface area contributed by atoms with Crippen LogP contribution in [-0.2, 0) is 17.7 Å². The molecule has 0 spiro atoms. The molecule has 0 aliphatic carbocycles. The number of amides is 1. The highest BCUT2D eigenvalue weighted by Crippen LogP contribution is 2.32. The number of anilines is 1. The zero-order valence-electron chi connectivity index (χ0n) is 19.1. The molecule has 7 heteroatoms. The third-order valence-corrected chi connectivity index (χ3v) is 6.06. The fourth-order valence-electron chi connectivity index (χ4n) is 4.29. The van der Waals surface area contributed by atoms with Crippen molar-refractivity contribution >= 4 is 11.9 Å². The van der Waals surface area contributed by atoms with Crippen LogP contribution in [0.1, 0.15) is 32.7 Å². The summed E-state index contributed by atoms with van der Waals surface area (Å²) >= 11 is 0. The van der Waals surface area contributed by atoms with Crippen LogP contribution in [0.15, 0.2) is 48.5 Å². The maximum atomic E-state index is 13.2. The van der Waals surface area contributed by atoms with E-state index in [1.54, 1.807) is 0 Å². The second kappa shape index (κ2) is 9.19. The van der Waals surface area contributed by atoms with Crippen LogP contribution in [0.25, 0.3) is 0 Å². The molecule has 0 saturated carbocycles. The normalized spacial score (nSPS) is 15.8. The van der Waals surface area contributed by atoms with Crippen LogP contribution in [-0.4, -0.2) is 53.6 Å². The number of aryl methyl sites for hydroxylation is 2. The van der Waals surface area contributed by atoms with Crippen LogP contribution in [0.3, 0.4) is 0 Å². The van der Waals surface area contributed by atoms with Crippen LogP contribution in [0.4, 0.5) is 5.95 Å². The summed E-state index contributed by atoms with van der Waals surface area (Å²) in [7, 11) is 0. The largest absolute Gasteiger partial charge is 0.438 e. The quantitative estimate of drug-likeness (QED) is 0.608. The number of nitrogens with zero attached hydrogens (tertiary/aromatic N) is 4. The Bertz CT molecular complexity index is 1170. The summed E-state index contributed by atoms with van der Waals surface area (Å²) in [4.78, 5) is 26.9. The fourth-order valence-corrected chi connectivity index (χ4v) is 4.29. The molecule has 0 bridgehead atoms. The maximum Gasteiger partial charge on any atom is 0.254 e. The summed E-state index contributed by atoms with van der Waals surface area (Å²) in [5.41, 5.74) is 4.70. The van der Waals surface area contributed by atoms with E-state index in [9.17, 15) is 4.79 Å². The van der Waals surface area contributed by atoms with Gasteiger partial charge >= 0.3 is 0 Å². The summed E-state index contributed by atoms with van der Waals surface area (Å²) < 4.78 is 11.8. The van der Waals surface area contributed by atoms with E-state index in [1.165, 1.54) is 0 Å². The molecule has 2 aromatic carbocycles.